The molecule has 1 unspecified atom stereocenters. The van der Waals surface area contributed by atoms with Crippen molar-refractivity contribution in [2.24, 2.45) is 4.99 Å². The summed E-state index contributed by atoms with van der Waals surface area (Å²) in [6, 6.07) is 6.45. The first-order valence-corrected chi connectivity index (χ1v) is 10.4. The van der Waals surface area contributed by atoms with Crippen LogP contribution in [-0.2, 0) is 4.79 Å². The van der Waals surface area contributed by atoms with Gasteiger partial charge >= 0.3 is 0 Å². The van der Waals surface area contributed by atoms with Gasteiger partial charge in [-0.2, -0.15) is 0 Å². The average Bonchev–Trinajstić information content (AvgIpc) is 2.71. The fourth-order valence-electron chi connectivity index (χ4n) is 3.20. The third-order valence-corrected chi connectivity index (χ3v) is 4.78. The number of benzene rings is 1. The van der Waals surface area contributed by atoms with Crippen molar-refractivity contribution in [1.29, 1.82) is 0 Å². The first-order chi connectivity index (χ1) is 14.0. The molecule has 30 heavy (non-hydrogen) atoms. The summed E-state index contributed by atoms with van der Waals surface area (Å²) in [6.45, 7) is 7.49. The molecule has 1 aromatic carbocycles. The summed E-state index contributed by atoms with van der Waals surface area (Å²) in [5.41, 5.74) is 0. The Morgan fingerprint density at radius 3 is 2.70 bits per heavy atom. The number of carbonyl (C=O) groups is 1. The molecule has 0 aliphatic carbocycles. The topological polar surface area (TPSA) is 78.0 Å². The van der Waals surface area contributed by atoms with Gasteiger partial charge in [0.25, 0.3) is 0 Å². The van der Waals surface area contributed by atoms with Crippen molar-refractivity contribution in [1.82, 2.24) is 20.9 Å². The number of hydrogen-bond acceptors (Lipinski definition) is 4. The third-order valence-electron chi connectivity index (χ3n) is 4.78. The summed E-state index contributed by atoms with van der Waals surface area (Å²) in [4.78, 5) is 18.3. The van der Waals surface area contributed by atoms with E-state index in [1.165, 1.54) is 12.1 Å². The first-order valence-electron chi connectivity index (χ1n) is 10.4. The zero-order valence-electron chi connectivity index (χ0n) is 18.1. The molecule has 1 atom stereocenters. The van der Waals surface area contributed by atoms with Crippen LogP contribution in [0, 0.1) is 5.82 Å². The second-order valence-electron chi connectivity index (χ2n) is 7.38. The van der Waals surface area contributed by atoms with Crippen LogP contribution in [0.4, 0.5) is 4.39 Å². The maximum atomic E-state index is 13.2. The van der Waals surface area contributed by atoms with E-state index in [1.807, 2.05) is 13.8 Å². The molecule has 170 valence electrons. The van der Waals surface area contributed by atoms with E-state index in [1.54, 1.807) is 19.2 Å². The number of rotatable bonds is 9. The van der Waals surface area contributed by atoms with E-state index in [0.717, 1.165) is 44.9 Å². The maximum absolute atomic E-state index is 13.2. The summed E-state index contributed by atoms with van der Waals surface area (Å²) in [5, 5.41) is 9.62. The van der Waals surface area contributed by atoms with Crippen LogP contribution >= 0.6 is 24.0 Å². The predicted molar refractivity (Wildman–Crippen MR) is 129 cm³/mol. The van der Waals surface area contributed by atoms with E-state index in [0.29, 0.717) is 24.9 Å². The number of piperidine rings is 1. The van der Waals surface area contributed by atoms with E-state index < -0.39 is 0 Å². The van der Waals surface area contributed by atoms with Crippen molar-refractivity contribution < 1.29 is 13.9 Å². The van der Waals surface area contributed by atoms with Crippen LogP contribution in [0.2, 0.25) is 0 Å². The van der Waals surface area contributed by atoms with Gasteiger partial charge < -0.3 is 20.7 Å². The Hall–Kier alpha value is -1.62. The van der Waals surface area contributed by atoms with Crippen LogP contribution in [0.5, 0.6) is 5.75 Å². The molecule has 1 fully saturated rings. The number of nitrogens with one attached hydrogen (secondary N) is 3. The molecule has 0 aromatic heterocycles. The molecule has 9 heteroatoms. The fraction of sp³-hybridized carbons (Fsp3) is 0.619. The second kappa shape index (κ2) is 14.4. The highest BCUT2D eigenvalue weighted by Crippen LogP contribution is 2.13. The molecule has 1 saturated heterocycles. The lowest BCUT2D eigenvalue weighted by Gasteiger charge is -2.32. The summed E-state index contributed by atoms with van der Waals surface area (Å²) in [7, 11) is 1.74. The molecule has 0 spiro atoms. The minimum Gasteiger partial charge on any atom is -0.489 e. The number of likely N-dealkylation sites (tertiary alicyclic amines) is 1. The van der Waals surface area contributed by atoms with Crippen molar-refractivity contribution in [2.45, 2.75) is 45.3 Å². The molecule has 0 bridgehead atoms. The highest BCUT2D eigenvalue weighted by atomic mass is 127. The van der Waals surface area contributed by atoms with E-state index in [9.17, 15) is 9.18 Å². The molecule has 7 nitrogen and oxygen atoms in total. The van der Waals surface area contributed by atoms with Crippen LogP contribution < -0.4 is 20.7 Å². The number of ether oxygens (including phenoxy) is 1. The Bertz CT molecular complexity index is 669. The zero-order chi connectivity index (χ0) is 21.1. The molecule has 2 rings (SSSR count). The molecule has 1 aromatic rings. The smallest absolute Gasteiger partial charge is 0.234 e. The number of amides is 1. The SMILES string of the molecule is CCCNC(=O)CN1CCC(NC(=NC)NCC(C)Oc2cccc(F)c2)CC1.I. The average molecular weight is 535 g/mol. The van der Waals surface area contributed by atoms with Crippen LogP contribution in [0.1, 0.15) is 33.1 Å². The summed E-state index contributed by atoms with van der Waals surface area (Å²) < 4.78 is 19.0. The minimum atomic E-state index is -0.311. The molecule has 1 heterocycles. The van der Waals surface area contributed by atoms with Gasteiger partial charge in [-0.15, -0.1) is 24.0 Å². The van der Waals surface area contributed by atoms with Crippen molar-refractivity contribution in [3.8, 4) is 5.75 Å². The van der Waals surface area contributed by atoms with Gasteiger partial charge in [-0.1, -0.05) is 13.0 Å². The lowest BCUT2D eigenvalue weighted by atomic mass is 10.1. The maximum Gasteiger partial charge on any atom is 0.234 e. The molecular weight excluding hydrogens is 500 g/mol. The van der Waals surface area contributed by atoms with Crippen LogP contribution in [0.15, 0.2) is 29.3 Å². The Balaban J connectivity index is 0.00000450. The van der Waals surface area contributed by atoms with E-state index in [-0.39, 0.29) is 41.8 Å². The van der Waals surface area contributed by atoms with Crippen LogP contribution in [-0.4, -0.2) is 68.7 Å². The van der Waals surface area contributed by atoms with Gasteiger partial charge in [-0.25, -0.2) is 4.39 Å². The van der Waals surface area contributed by atoms with Gasteiger partial charge in [-0.3, -0.25) is 14.7 Å². The fourth-order valence-corrected chi connectivity index (χ4v) is 3.20. The van der Waals surface area contributed by atoms with Crippen molar-refractivity contribution in [3.63, 3.8) is 0 Å². The molecule has 3 N–H and O–H groups in total. The number of carbonyl (C=O) groups excluding carboxylic acids is 1. The van der Waals surface area contributed by atoms with E-state index in [2.05, 4.69) is 25.8 Å². The monoisotopic (exact) mass is 535 g/mol. The van der Waals surface area contributed by atoms with Gasteiger partial charge in [0.2, 0.25) is 5.91 Å². The standard InChI is InChI=1S/C21H34FN5O2.HI/c1-4-10-24-20(28)15-27-11-8-18(9-12-27)26-21(23-3)25-14-16(2)29-19-7-5-6-17(22)13-19;/h5-7,13,16,18H,4,8-12,14-15H2,1-3H3,(H,24,28)(H2,23,25,26);1H. The number of halogens is 2. The van der Waals surface area contributed by atoms with Gasteiger partial charge in [0.05, 0.1) is 13.1 Å². The molecule has 1 amide bonds. The van der Waals surface area contributed by atoms with Gasteiger partial charge in [0.15, 0.2) is 5.96 Å². The number of aliphatic imine (C=N–C) groups is 1. The summed E-state index contributed by atoms with van der Waals surface area (Å²) >= 11 is 0. The number of nitrogens with zero attached hydrogens (tertiary/aromatic N) is 2. The number of hydrogen-bond donors (Lipinski definition) is 3. The van der Waals surface area contributed by atoms with Gasteiger partial charge in [-0.05, 0) is 38.3 Å². The van der Waals surface area contributed by atoms with Crippen molar-refractivity contribution in [2.75, 3.05) is 39.8 Å². The van der Waals surface area contributed by atoms with Gasteiger partial charge in [0.1, 0.15) is 17.7 Å². The van der Waals surface area contributed by atoms with Crippen LogP contribution in [0.25, 0.3) is 0 Å². The Kier molecular flexibility index (Phi) is 12.7. The Labute approximate surface area is 196 Å². The zero-order valence-corrected chi connectivity index (χ0v) is 20.4. The van der Waals surface area contributed by atoms with Crippen molar-refractivity contribution in [3.05, 3.63) is 30.1 Å². The lowest BCUT2D eigenvalue weighted by Crippen LogP contribution is -2.51. The second-order valence-corrected chi connectivity index (χ2v) is 7.38. The lowest BCUT2D eigenvalue weighted by molar-refractivity contribution is -0.122. The molecule has 0 saturated carbocycles. The van der Waals surface area contributed by atoms with E-state index in [4.69, 9.17) is 4.74 Å². The molecule has 1 aliphatic heterocycles. The quantitative estimate of drug-likeness (QED) is 0.257. The van der Waals surface area contributed by atoms with E-state index >= 15 is 0 Å². The largest absolute Gasteiger partial charge is 0.489 e. The summed E-state index contributed by atoms with van der Waals surface area (Å²) in [5.74, 6) is 1.02. The highest BCUT2D eigenvalue weighted by Gasteiger charge is 2.21. The molecular formula is C21H35FIN5O2. The summed E-state index contributed by atoms with van der Waals surface area (Å²) in [6.07, 6.45) is 2.73. The molecule has 1 aliphatic rings. The van der Waals surface area contributed by atoms with Crippen LogP contribution in [0.3, 0.4) is 0 Å². The number of guanidine groups is 1. The Morgan fingerprint density at radius 1 is 1.33 bits per heavy atom. The van der Waals surface area contributed by atoms with Crippen molar-refractivity contribution >= 4 is 35.8 Å². The minimum absolute atomic E-state index is 0. The Morgan fingerprint density at radius 2 is 2.07 bits per heavy atom. The predicted octanol–water partition coefficient (Wildman–Crippen LogP) is 2.37. The molecule has 0 radical (unpaired) electrons. The van der Waals surface area contributed by atoms with Gasteiger partial charge in [0, 0.05) is 38.8 Å². The third kappa shape index (κ3) is 9.92. The highest BCUT2D eigenvalue weighted by molar-refractivity contribution is 14.0. The normalized spacial score (nSPS) is 16.3. The first kappa shape index (κ1) is 26.4.